The summed E-state index contributed by atoms with van der Waals surface area (Å²) in [5, 5.41) is 20.5. The van der Waals surface area contributed by atoms with Crippen molar-refractivity contribution in [2.75, 3.05) is 11.1 Å². The van der Waals surface area contributed by atoms with E-state index in [1.165, 1.54) is 11.8 Å². The monoisotopic (exact) mass is 377 g/mol. The van der Waals surface area contributed by atoms with Crippen molar-refractivity contribution in [3.8, 4) is 5.40 Å². The van der Waals surface area contributed by atoms with Crippen LogP contribution in [0.4, 0.5) is 5.69 Å². The van der Waals surface area contributed by atoms with Crippen molar-refractivity contribution >= 4 is 35.1 Å². The van der Waals surface area contributed by atoms with Crippen molar-refractivity contribution in [3.05, 3.63) is 34.2 Å². The minimum absolute atomic E-state index is 0.157. The molecular weight excluding hydrogens is 358 g/mol. The molecule has 25 heavy (non-hydrogen) atoms. The summed E-state index contributed by atoms with van der Waals surface area (Å²) in [6.07, 6.45) is 1.85. The van der Waals surface area contributed by atoms with Gasteiger partial charge < -0.3 is 5.32 Å². The molecule has 1 heterocycles. The number of hydrogen-bond donors (Lipinski definition) is 2. The largest absolute Gasteiger partial charge is 0.343 e. The van der Waals surface area contributed by atoms with Gasteiger partial charge >= 0.3 is 5.69 Å². The lowest BCUT2D eigenvalue weighted by atomic mass is 10.2. The number of nitrogens with one attached hydrogen (secondary N) is 2. The number of aromatic amines is 1. The molecule has 1 aromatic carbocycles. The van der Waals surface area contributed by atoms with Gasteiger partial charge in [-0.3, -0.25) is 9.36 Å². The summed E-state index contributed by atoms with van der Waals surface area (Å²) >= 11 is 2.30. The molecular formula is C16H19N5O2S2. The Morgan fingerprint density at radius 3 is 2.96 bits per heavy atom. The number of hydrogen-bond acceptors (Lipinski definition) is 6. The second kappa shape index (κ2) is 9.34. The minimum atomic E-state index is -0.252. The average molecular weight is 377 g/mol. The highest BCUT2D eigenvalue weighted by Gasteiger charge is 2.12. The maximum Gasteiger partial charge on any atom is 0.343 e. The Morgan fingerprint density at radius 2 is 2.28 bits per heavy atom. The zero-order valence-corrected chi connectivity index (χ0v) is 15.7. The number of nitrogens with zero attached hydrogens (tertiary/aromatic N) is 3. The van der Waals surface area contributed by atoms with Crippen LogP contribution in [-0.2, 0) is 11.3 Å². The Labute approximate surface area is 154 Å². The number of amides is 1. The number of rotatable bonds is 8. The van der Waals surface area contributed by atoms with Gasteiger partial charge in [0.2, 0.25) is 5.91 Å². The Hall–Kier alpha value is -2.18. The summed E-state index contributed by atoms with van der Waals surface area (Å²) in [5.74, 6) is -0.0174. The second-order valence-corrected chi connectivity index (χ2v) is 7.12. The van der Waals surface area contributed by atoms with Gasteiger partial charge in [0.05, 0.1) is 5.75 Å². The van der Waals surface area contributed by atoms with Crippen LogP contribution in [0.15, 0.2) is 33.0 Å². The van der Waals surface area contributed by atoms with E-state index in [1.807, 2.05) is 25.3 Å². The fraction of sp³-hybridized carbons (Fsp3) is 0.375. The average Bonchev–Trinajstić information content (AvgIpc) is 2.94. The van der Waals surface area contributed by atoms with Crippen molar-refractivity contribution in [1.29, 1.82) is 5.26 Å². The molecule has 0 bridgehead atoms. The van der Waals surface area contributed by atoms with E-state index in [-0.39, 0.29) is 17.3 Å². The predicted octanol–water partition coefficient (Wildman–Crippen LogP) is 2.98. The van der Waals surface area contributed by atoms with Gasteiger partial charge in [0.25, 0.3) is 0 Å². The highest BCUT2D eigenvalue weighted by molar-refractivity contribution is 8.03. The number of carbonyl (C=O) groups is 1. The lowest BCUT2D eigenvalue weighted by molar-refractivity contribution is -0.113. The molecule has 0 atom stereocenters. The van der Waals surface area contributed by atoms with Crippen molar-refractivity contribution in [2.45, 2.75) is 43.3 Å². The molecule has 0 unspecified atom stereocenters. The number of aryl methyl sites for hydroxylation is 1. The maximum absolute atomic E-state index is 12.2. The number of anilines is 1. The van der Waals surface area contributed by atoms with E-state index in [0.29, 0.717) is 17.4 Å². The standard InChI is InChI=1S/C16H19N5O2S2/c1-3-4-7-21-15(23)19-20-16(21)24-9-14(22)18-13-6-5-12(25-10-17)8-11(13)2/h5-6,8H,3-4,7,9H2,1-2H3,(H,18,22)(H,19,23). The zero-order valence-electron chi connectivity index (χ0n) is 14.0. The Morgan fingerprint density at radius 1 is 1.48 bits per heavy atom. The third-order valence-electron chi connectivity index (χ3n) is 3.43. The van der Waals surface area contributed by atoms with Crippen LogP contribution in [0.5, 0.6) is 0 Å². The van der Waals surface area contributed by atoms with Gasteiger partial charge in [0, 0.05) is 17.1 Å². The molecule has 1 aromatic heterocycles. The predicted molar refractivity (Wildman–Crippen MR) is 99.8 cm³/mol. The van der Waals surface area contributed by atoms with Crippen LogP contribution in [0, 0.1) is 17.6 Å². The molecule has 2 rings (SSSR count). The lowest BCUT2D eigenvalue weighted by Gasteiger charge is -2.09. The first-order valence-electron chi connectivity index (χ1n) is 7.79. The number of aromatic nitrogens is 3. The minimum Gasteiger partial charge on any atom is -0.325 e. The third-order valence-corrected chi connectivity index (χ3v) is 4.98. The Bertz CT molecular complexity index is 838. The van der Waals surface area contributed by atoms with Crippen molar-refractivity contribution in [1.82, 2.24) is 14.8 Å². The third kappa shape index (κ3) is 5.41. The number of benzene rings is 1. The van der Waals surface area contributed by atoms with Crippen LogP contribution in [0.3, 0.4) is 0 Å². The van der Waals surface area contributed by atoms with Gasteiger partial charge in [-0.05, 0) is 48.9 Å². The summed E-state index contributed by atoms with van der Waals surface area (Å²) in [4.78, 5) is 24.7. The van der Waals surface area contributed by atoms with E-state index >= 15 is 0 Å². The molecule has 7 nitrogen and oxygen atoms in total. The normalized spacial score (nSPS) is 10.4. The molecule has 132 valence electrons. The van der Waals surface area contributed by atoms with Gasteiger partial charge in [-0.1, -0.05) is 25.1 Å². The molecule has 0 spiro atoms. The van der Waals surface area contributed by atoms with E-state index in [0.717, 1.165) is 35.1 Å². The van der Waals surface area contributed by atoms with Crippen molar-refractivity contribution < 1.29 is 4.79 Å². The molecule has 0 fully saturated rings. The summed E-state index contributed by atoms with van der Waals surface area (Å²) in [6, 6.07) is 5.43. The van der Waals surface area contributed by atoms with Crippen LogP contribution in [0.25, 0.3) is 0 Å². The van der Waals surface area contributed by atoms with Crippen LogP contribution in [-0.4, -0.2) is 26.4 Å². The topological polar surface area (TPSA) is 104 Å². The zero-order chi connectivity index (χ0) is 18.2. The van der Waals surface area contributed by atoms with Crippen molar-refractivity contribution in [2.24, 2.45) is 0 Å². The first-order chi connectivity index (χ1) is 12.0. The number of unbranched alkanes of at least 4 members (excludes halogenated alkanes) is 1. The molecule has 1 amide bonds. The summed E-state index contributed by atoms with van der Waals surface area (Å²) in [7, 11) is 0. The fourth-order valence-electron chi connectivity index (χ4n) is 2.14. The van der Waals surface area contributed by atoms with Gasteiger partial charge in [-0.25, -0.2) is 9.89 Å². The molecule has 9 heteroatoms. The maximum atomic E-state index is 12.2. The molecule has 0 saturated heterocycles. The molecule has 0 aliphatic carbocycles. The Balaban J connectivity index is 1.95. The molecule has 2 aromatic rings. The van der Waals surface area contributed by atoms with Gasteiger partial charge in [-0.2, -0.15) is 5.26 Å². The van der Waals surface area contributed by atoms with Crippen LogP contribution in [0.2, 0.25) is 0 Å². The van der Waals surface area contributed by atoms with Crippen LogP contribution >= 0.6 is 23.5 Å². The summed E-state index contributed by atoms with van der Waals surface area (Å²) in [6.45, 7) is 4.52. The second-order valence-electron chi connectivity index (χ2n) is 5.32. The SMILES string of the molecule is CCCCn1c(SCC(=O)Nc2ccc(SC#N)cc2C)n[nH]c1=O. The Kier molecular flexibility index (Phi) is 7.16. The molecule has 0 aliphatic rings. The quantitative estimate of drug-likeness (QED) is 0.541. The first kappa shape index (κ1) is 19.1. The van der Waals surface area contributed by atoms with E-state index in [9.17, 15) is 9.59 Å². The first-order valence-corrected chi connectivity index (χ1v) is 9.59. The highest BCUT2D eigenvalue weighted by atomic mass is 32.2. The van der Waals surface area contributed by atoms with Gasteiger partial charge in [0.15, 0.2) is 5.16 Å². The number of H-pyrrole nitrogens is 1. The van der Waals surface area contributed by atoms with Crippen LogP contribution < -0.4 is 11.0 Å². The van der Waals surface area contributed by atoms with E-state index in [4.69, 9.17) is 5.26 Å². The molecule has 2 N–H and O–H groups in total. The molecule has 0 radical (unpaired) electrons. The van der Waals surface area contributed by atoms with Gasteiger partial charge in [0.1, 0.15) is 5.40 Å². The van der Waals surface area contributed by atoms with Crippen LogP contribution in [0.1, 0.15) is 25.3 Å². The molecule has 0 aliphatic heterocycles. The number of nitriles is 1. The van der Waals surface area contributed by atoms with E-state index in [2.05, 4.69) is 15.5 Å². The van der Waals surface area contributed by atoms with E-state index in [1.54, 1.807) is 16.7 Å². The smallest absolute Gasteiger partial charge is 0.325 e. The lowest BCUT2D eigenvalue weighted by Crippen LogP contribution is -2.19. The molecule has 0 saturated carbocycles. The van der Waals surface area contributed by atoms with Crippen molar-refractivity contribution in [3.63, 3.8) is 0 Å². The van der Waals surface area contributed by atoms with Gasteiger partial charge in [-0.15, -0.1) is 5.10 Å². The summed E-state index contributed by atoms with van der Waals surface area (Å²) < 4.78 is 1.56. The van der Waals surface area contributed by atoms with E-state index < -0.39 is 0 Å². The summed E-state index contributed by atoms with van der Waals surface area (Å²) in [5.41, 5.74) is 1.34. The number of thioether (sulfide) groups is 2. The fourth-order valence-corrected chi connectivity index (χ4v) is 3.39. The highest BCUT2D eigenvalue weighted by Crippen LogP contribution is 2.23. The number of carbonyl (C=O) groups excluding carboxylic acids is 1. The number of thiocyanates is 1.